The van der Waals surface area contributed by atoms with Gasteiger partial charge in [0.15, 0.2) is 0 Å². The van der Waals surface area contributed by atoms with E-state index in [2.05, 4.69) is 29.2 Å². The molecule has 0 spiro atoms. The minimum Gasteiger partial charge on any atom is -0.481 e. The van der Waals surface area contributed by atoms with Crippen LogP contribution in [0.2, 0.25) is 0 Å². The van der Waals surface area contributed by atoms with Gasteiger partial charge in [0.25, 0.3) is 0 Å². The molecule has 110 valence electrons. The summed E-state index contributed by atoms with van der Waals surface area (Å²) in [6, 6.07) is 10.4. The lowest BCUT2D eigenvalue weighted by molar-refractivity contribution is -0.137. The molecule has 1 aromatic carbocycles. The van der Waals surface area contributed by atoms with Crippen LogP contribution in [0.25, 0.3) is 0 Å². The van der Waals surface area contributed by atoms with Gasteiger partial charge >= 0.3 is 5.97 Å². The maximum absolute atomic E-state index is 10.7. The SMILES string of the molecule is O=C(O)CCCN(CC1CCCCC1)c1ccccc1. The third-order valence-electron chi connectivity index (χ3n) is 4.14. The standard InChI is InChI=1S/C17H25NO2/c19-17(20)12-7-13-18(16-10-5-2-6-11-16)14-15-8-3-1-4-9-15/h2,5-6,10-11,15H,1,3-4,7-9,12-14H2,(H,19,20). The number of hydrogen-bond donors (Lipinski definition) is 1. The lowest BCUT2D eigenvalue weighted by atomic mass is 9.89. The van der Waals surface area contributed by atoms with Gasteiger partial charge < -0.3 is 10.0 Å². The fourth-order valence-electron chi connectivity index (χ4n) is 3.07. The minimum atomic E-state index is -0.698. The van der Waals surface area contributed by atoms with E-state index in [9.17, 15) is 4.79 Å². The van der Waals surface area contributed by atoms with Gasteiger partial charge in [-0.3, -0.25) is 4.79 Å². The number of para-hydroxylation sites is 1. The Morgan fingerprint density at radius 2 is 1.85 bits per heavy atom. The van der Waals surface area contributed by atoms with Crippen molar-refractivity contribution >= 4 is 11.7 Å². The van der Waals surface area contributed by atoms with Crippen molar-refractivity contribution in [3.05, 3.63) is 30.3 Å². The highest BCUT2D eigenvalue weighted by molar-refractivity contribution is 5.66. The highest BCUT2D eigenvalue weighted by atomic mass is 16.4. The lowest BCUT2D eigenvalue weighted by Crippen LogP contribution is -2.31. The summed E-state index contributed by atoms with van der Waals surface area (Å²) in [5, 5.41) is 8.80. The molecule has 0 aliphatic heterocycles. The van der Waals surface area contributed by atoms with Crippen molar-refractivity contribution in [3.63, 3.8) is 0 Å². The Kier molecular flexibility index (Phi) is 5.90. The fourth-order valence-corrected chi connectivity index (χ4v) is 3.07. The molecule has 0 radical (unpaired) electrons. The number of rotatable bonds is 7. The summed E-state index contributed by atoms with van der Waals surface area (Å²) in [5.41, 5.74) is 1.23. The second-order valence-corrected chi connectivity index (χ2v) is 5.78. The summed E-state index contributed by atoms with van der Waals surface area (Å²) in [6.45, 7) is 1.91. The van der Waals surface area contributed by atoms with Crippen molar-refractivity contribution in [1.29, 1.82) is 0 Å². The van der Waals surface area contributed by atoms with Crippen molar-refractivity contribution in [2.75, 3.05) is 18.0 Å². The topological polar surface area (TPSA) is 40.5 Å². The first-order chi connectivity index (χ1) is 9.75. The molecule has 1 aromatic rings. The number of carbonyl (C=O) groups is 1. The van der Waals surface area contributed by atoms with E-state index < -0.39 is 5.97 Å². The van der Waals surface area contributed by atoms with Crippen molar-refractivity contribution in [1.82, 2.24) is 0 Å². The van der Waals surface area contributed by atoms with Crippen LogP contribution in [0.4, 0.5) is 5.69 Å². The van der Waals surface area contributed by atoms with Gasteiger partial charge in [-0.2, -0.15) is 0 Å². The Morgan fingerprint density at radius 3 is 2.50 bits per heavy atom. The molecule has 0 heterocycles. The number of carboxylic acid groups (broad SMARTS) is 1. The maximum atomic E-state index is 10.7. The monoisotopic (exact) mass is 275 g/mol. The third kappa shape index (κ3) is 4.87. The highest BCUT2D eigenvalue weighted by Gasteiger charge is 2.17. The number of anilines is 1. The van der Waals surface area contributed by atoms with E-state index in [0.717, 1.165) is 25.4 Å². The minimum absolute atomic E-state index is 0.258. The van der Waals surface area contributed by atoms with Crippen LogP contribution in [0.5, 0.6) is 0 Å². The van der Waals surface area contributed by atoms with E-state index in [1.807, 2.05) is 6.07 Å². The Balaban J connectivity index is 1.93. The molecule has 0 saturated heterocycles. The van der Waals surface area contributed by atoms with Crippen LogP contribution in [0.3, 0.4) is 0 Å². The molecular formula is C17H25NO2. The largest absolute Gasteiger partial charge is 0.481 e. The van der Waals surface area contributed by atoms with Gasteiger partial charge in [0.2, 0.25) is 0 Å². The molecule has 3 nitrogen and oxygen atoms in total. The van der Waals surface area contributed by atoms with E-state index >= 15 is 0 Å². The fraction of sp³-hybridized carbons (Fsp3) is 0.588. The molecule has 1 saturated carbocycles. The Labute approximate surface area is 121 Å². The molecule has 0 aromatic heterocycles. The number of benzene rings is 1. The quantitative estimate of drug-likeness (QED) is 0.819. The summed E-state index contributed by atoms with van der Waals surface area (Å²) >= 11 is 0. The highest BCUT2D eigenvalue weighted by Crippen LogP contribution is 2.26. The normalized spacial score (nSPS) is 16.0. The van der Waals surface area contributed by atoms with E-state index in [4.69, 9.17) is 5.11 Å². The van der Waals surface area contributed by atoms with Crippen molar-refractivity contribution in [2.24, 2.45) is 5.92 Å². The van der Waals surface area contributed by atoms with Crippen molar-refractivity contribution in [3.8, 4) is 0 Å². The molecule has 1 aliphatic carbocycles. The summed E-state index contributed by atoms with van der Waals surface area (Å²) < 4.78 is 0. The maximum Gasteiger partial charge on any atom is 0.303 e. The predicted octanol–water partition coefficient (Wildman–Crippen LogP) is 3.94. The average Bonchev–Trinajstić information content (AvgIpc) is 2.48. The van der Waals surface area contributed by atoms with Gasteiger partial charge in [-0.1, -0.05) is 37.5 Å². The van der Waals surface area contributed by atoms with E-state index in [0.29, 0.717) is 0 Å². The molecule has 0 atom stereocenters. The summed E-state index contributed by atoms with van der Waals surface area (Å²) in [7, 11) is 0. The van der Waals surface area contributed by atoms with Gasteiger partial charge in [0.05, 0.1) is 0 Å². The zero-order valence-electron chi connectivity index (χ0n) is 12.1. The summed E-state index contributed by atoms with van der Waals surface area (Å²) in [5.74, 6) is 0.0736. The van der Waals surface area contributed by atoms with Crippen LogP contribution >= 0.6 is 0 Å². The molecule has 3 heteroatoms. The van der Waals surface area contributed by atoms with Gasteiger partial charge in [0, 0.05) is 25.2 Å². The first kappa shape index (κ1) is 14.9. The lowest BCUT2D eigenvalue weighted by Gasteiger charge is -2.31. The van der Waals surface area contributed by atoms with E-state index in [-0.39, 0.29) is 6.42 Å². The van der Waals surface area contributed by atoms with E-state index in [1.54, 1.807) is 0 Å². The molecule has 1 N–H and O–H groups in total. The zero-order valence-corrected chi connectivity index (χ0v) is 12.1. The smallest absolute Gasteiger partial charge is 0.303 e. The van der Waals surface area contributed by atoms with Crippen LogP contribution in [-0.2, 0) is 4.79 Å². The average molecular weight is 275 g/mol. The van der Waals surface area contributed by atoms with Crippen LogP contribution < -0.4 is 4.90 Å². The summed E-state index contributed by atoms with van der Waals surface area (Å²) in [4.78, 5) is 13.1. The second-order valence-electron chi connectivity index (χ2n) is 5.78. The molecule has 0 bridgehead atoms. The zero-order chi connectivity index (χ0) is 14.2. The van der Waals surface area contributed by atoms with E-state index in [1.165, 1.54) is 37.8 Å². The van der Waals surface area contributed by atoms with Gasteiger partial charge in [-0.05, 0) is 37.3 Å². The molecule has 20 heavy (non-hydrogen) atoms. The number of hydrogen-bond acceptors (Lipinski definition) is 2. The van der Waals surface area contributed by atoms with Crippen LogP contribution in [-0.4, -0.2) is 24.2 Å². The molecular weight excluding hydrogens is 250 g/mol. The first-order valence-electron chi connectivity index (χ1n) is 7.77. The molecule has 0 unspecified atom stereocenters. The molecule has 2 rings (SSSR count). The Morgan fingerprint density at radius 1 is 1.15 bits per heavy atom. The van der Waals surface area contributed by atoms with Crippen molar-refractivity contribution in [2.45, 2.75) is 44.9 Å². The van der Waals surface area contributed by atoms with Crippen molar-refractivity contribution < 1.29 is 9.90 Å². The Bertz CT molecular complexity index is 399. The second kappa shape index (κ2) is 7.93. The molecule has 1 aliphatic rings. The number of aliphatic carboxylic acids is 1. The third-order valence-corrected chi connectivity index (χ3v) is 4.14. The van der Waals surface area contributed by atoms with Gasteiger partial charge in [0.1, 0.15) is 0 Å². The first-order valence-corrected chi connectivity index (χ1v) is 7.77. The van der Waals surface area contributed by atoms with Gasteiger partial charge in [-0.15, -0.1) is 0 Å². The van der Waals surface area contributed by atoms with Crippen LogP contribution in [0, 0.1) is 5.92 Å². The van der Waals surface area contributed by atoms with Gasteiger partial charge in [-0.25, -0.2) is 0 Å². The van der Waals surface area contributed by atoms with Crippen LogP contribution in [0.1, 0.15) is 44.9 Å². The number of nitrogens with zero attached hydrogens (tertiary/aromatic N) is 1. The molecule has 0 amide bonds. The number of carboxylic acids is 1. The van der Waals surface area contributed by atoms with Crippen LogP contribution in [0.15, 0.2) is 30.3 Å². The Hall–Kier alpha value is -1.51. The molecule has 1 fully saturated rings. The predicted molar refractivity (Wildman–Crippen MR) is 82.1 cm³/mol. The summed E-state index contributed by atoms with van der Waals surface area (Å²) in [6.07, 6.45) is 7.70.